The van der Waals surface area contributed by atoms with Gasteiger partial charge in [0, 0.05) is 11.8 Å². The molecule has 2 aromatic rings. The lowest BCUT2D eigenvalue weighted by atomic mass is 10.1. The first-order valence-electron chi connectivity index (χ1n) is 5.26. The Kier molecular flexibility index (Phi) is 3.09. The third-order valence-electron chi connectivity index (χ3n) is 2.28. The topological polar surface area (TPSA) is 75.0 Å². The van der Waals surface area contributed by atoms with Crippen LogP contribution < -0.4 is 15.9 Å². The fourth-order valence-electron chi connectivity index (χ4n) is 1.53. The number of hydrogen-bond donors (Lipinski definition) is 2. The van der Waals surface area contributed by atoms with Crippen LogP contribution >= 0.6 is 0 Å². The second-order valence-corrected chi connectivity index (χ2v) is 3.41. The average molecular weight is 232 g/mol. The number of nitrogens with one attached hydrogen (secondary N) is 2. The predicted octanol–water partition coefficient (Wildman–Crippen LogP) is 1.13. The van der Waals surface area contributed by atoms with Crippen LogP contribution in [-0.4, -0.2) is 16.6 Å². The highest BCUT2D eigenvalue weighted by Crippen LogP contribution is 2.26. The summed E-state index contributed by atoms with van der Waals surface area (Å²) >= 11 is 0. The monoisotopic (exact) mass is 232 g/mol. The molecule has 0 fully saturated rings. The van der Waals surface area contributed by atoms with Gasteiger partial charge in [0.05, 0.1) is 12.3 Å². The Balaban J connectivity index is 2.56. The summed E-state index contributed by atoms with van der Waals surface area (Å²) in [6.45, 7) is 2.41. The molecule has 17 heavy (non-hydrogen) atoms. The molecule has 1 aromatic carbocycles. The molecule has 1 aromatic heterocycles. The minimum absolute atomic E-state index is 0.527. The van der Waals surface area contributed by atoms with Gasteiger partial charge in [-0.1, -0.05) is 12.1 Å². The largest absolute Gasteiger partial charge is 0.493 e. The molecular formula is C12H12N2O3. The maximum Gasteiger partial charge on any atom is 0.314 e. The fraction of sp³-hybridized carbons (Fsp3) is 0.167. The number of para-hydroxylation sites is 1. The third kappa shape index (κ3) is 2.28. The molecule has 0 aliphatic heterocycles. The van der Waals surface area contributed by atoms with Crippen LogP contribution in [-0.2, 0) is 0 Å². The van der Waals surface area contributed by atoms with Gasteiger partial charge >= 0.3 is 11.1 Å². The maximum atomic E-state index is 11.2. The van der Waals surface area contributed by atoms with Gasteiger partial charge in [0.15, 0.2) is 0 Å². The highest BCUT2D eigenvalue weighted by atomic mass is 16.5. The van der Waals surface area contributed by atoms with Crippen molar-refractivity contribution >= 4 is 0 Å². The van der Waals surface area contributed by atoms with Crippen molar-refractivity contribution in [1.82, 2.24) is 9.97 Å². The van der Waals surface area contributed by atoms with Crippen molar-refractivity contribution in [1.29, 1.82) is 0 Å². The van der Waals surface area contributed by atoms with Crippen LogP contribution in [0.3, 0.4) is 0 Å². The molecule has 88 valence electrons. The van der Waals surface area contributed by atoms with Gasteiger partial charge in [-0.15, -0.1) is 0 Å². The van der Waals surface area contributed by atoms with Gasteiger partial charge in [0.1, 0.15) is 5.75 Å². The van der Waals surface area contributed by atoms with Gasteiger partial charge in [-0.05, 0) is 19.1 Å². The number of rotatable bonds is 3. The molecule has 5 nitrogen and oxygen atoms in total. The van der Waals surface area contributed by atoms with Crippen LogP contribution in [0.5, 0.6) is 5.75 Å². The van der Waals surface area contributed by atoms with E-state index >= 15 is 0 Å². The summed E-state index contributed by atoms with van der Waals surface area (Å²) < 4.78 is 5.45. The van der Waals surface area contributed by atoms with Crippen molar-refractivity contribution in [2.24, 2.45) is 0 Å². The minimum atomic E-state index is -0.672. The molecule has 2 rings (SSSR count). The Labute approximate surface area is 97.1 Å². The van der Waals surface area contributed by atoms with E-state index in [0.717, 1.165) is 5.56 Å². The minimum Gasteiger partial charge on any atom is -0.493 e. The number of aromatic nitrogens is 2. The molecule has 0 atom stereocenters. The van der Waals surface area contributed by atoms with E-state index in [1.807, 2.05) is 31.2 Å². The lowest BCUT2D eigenvalue weighted by molar-refractivity contribution is 0.341. The number of H-pyrrole nitrogens is 2. The van der Waals surface area contributed by atoms with E-state index in [1.54, 1.807) is 0 Å². The van der Waals surface area contributed by atoms with Crippen LogP contribution in [0.1, 0.15) is 6.92 Å². The lowest BCUT2D eigenvalue weighted by Crippen LogP contribution is -2.29. The molecule has 2 N–H and O–H groups in total. The van der Waals surface area contributed by atoms with E-state index < -0.39 is 11.1 Å². The summed E-state index contributed by atoms with van der Waals surface area (Å²) in [5.74, 6) is 0.665. The molecule has 1 heterocycles. The maximum absolute atomic E-state index is 11.2. The summed E-state index contributed by atoms with van der Waals surface area (Å²) in [6, 6.07) is 7.30. The van der Waals surface area contributed by atoms with Crippen LogP contribution in [0.25, 0.3) is 11.3 Å². The second-order valence-electron chi connectivity index (χ2n) is 3.41. The van der Waals surface area contributed by atoms with Crippen LogP contribution in [0.15, 0.2) is 40.1 Å². The molecule has 0 bridgehead atoms. The quantitative estimate of drug-likeness (QED) is 0.779. The van der Waals surface area contributed by atoms with Gasteiger partial charge in [-0.3, -0.25) is 9.59 Å². The first kappa shape index (κ1) is 11.2. The van der Waals surface area contributed by atoms with Crippen molar-refractivity contribution in [3.63, 3.8) is 0 Å². The molecule has 0 spiro atoms. The summed E-state index contributed by atoms with van der Waals surface area (Å²) in [7, 11) is 0. The molecule has 0 amide bonds. The third-order valence-corrected chi connectivity index (χ3v) is 2.28. The first-order chi connectivity index (χ1) is 8.22. The van der Waals surface area contributed by atoms with E-state index in [1.165, 1.54) is 6.20 Å². The van der Waals surface area contributed by atoms with Gasteiger partial charge in [0.2, 0.25) is 0 Å². The molecular weight excluding hydrogens is 220 g/mol. The van der Waals surface area contributed by atoms with Crippen LogP contribution in [0.2, 0.25) is 0 Å². The molecule has 0 radical (unpaired) electrons. The number of benzene rings is 1. The molecule has 0 saturated carbocycles. The summed E-state index contributed by atoms with van der Waals surface area (Å²) in [5.41, 5.74) is -0.0715. The van der Waals surface area contributed by atoms with Crippen molar-refractivity contribution in [2.75, 3.05) is 6.61 Å². The first-order valence-corrected chi connectivity index (χ1v) is 5.26. The summed E-state index contributed by atoms with van der Waals surface area (Å²) in [6.07, 6.45) is 1.46. The van der Waals surface area contributed by atoms with E-state index in [0.29, 0.717) is 18.1 Å². The van der Waals surface area contributed by atoms with Gasteiger partial charge < -0.3 is 14.7 Å². The Bertz CT molecular complexity index is 628. The number of hydrogen-bond acceptors (Lipinski definition) is 3. The van der Waals surface area contributed by atoms with Crippen molar-refractivity contribution < 1.29 is 4.74 Å². The summed E-state index contributed by atoms with van der Waals surface area (Å²) in [5, 5.41) is 0. The van der Waals surface area contributed by atoms with E-state index in [4.69, 9.17) is 4.74 Å². The Morgan fingerprint density at radius 2 is 1.94 bits per heavy atom. The standard InChI is InChI=1S/C12H12N2O3/c1-2-17-10-6-4-3-5-8(10)9-7-13-11(15)12(16)14-9/h3-7H,2H2,1H3,(H,13,15)(H,14,16). The van der Waals surface area contributed by atoms with Crippen molar-refractivity contribution in [3.8, 4) is 17.0 Å². The van der Waals surface area contributed by atoms with E-state index in [2.05, 4.69) is 9.97 Å². The zero-order valence-corrected chi connectivity index (χ0v) is 9.32. The van der Waals surface area contributed by atoms with Crippen molar-refractivity contribution in [3.05, 3.63) is 51.2 Å². The van der Waals surface area contributed by atoms with Crippen LogP contribution in [0, 0.1) is 0 Å². The lowest BCUT2D eigenvalue weighted by Gasteiger charge is -2.09. The van der Waals surface area contributed by atoms with Gasteiger partial charge in [0.25, 0.3) is 0 Å². The molecule has 0 aliphatic rings. The summed E-state index contributed by atoms with van der Waals surface area (Å²) in [4.78, 5) is 27.1. The van der Waals surface area contributed by atoms with Gasteiger partial charge in [-0.2, -0.15) is 0 Å². The Morgan fingerprint density at radius 1 is 1.18 bits per heavy atom. The normalized spacial score (nSPS) is 10.2. The van der Waals surface area contributed by atoms with Crippen molar-refractivity contribution in [2.45, 2.75) is 6.92 Å². The zero-order valence-electron chi connectivity index (χ0n) is 9.32. The number of aromatic amines is 2. The SMILES string of the molecule is CCOc1ccccc1-c1c[nH]c(=O)c(=O)[nH]1. The molecule has 0 unspecified atom stereocenters. The van der Waals surface area contributed by atoms with Crippen LogP contribution in [0.4, 0.5) is 0 Å². The predicted molar refractivity (Wildman–Crippen MR) is 64.3 cm³/mol. The second kappa shape index (κ2) is 4.69. The van der Waals surface area contributed by atoms with E-state index in [-0.39, 0.29) is 0 Å². The Morgan fingerprint density at radius 3 is 2.65 bits per heavy atom. The molecule has 0 aliphatic carbocycles. The Hall–Kier alpha value is -2.30. The average Bonchev–Trinajstić information content (AvgIpc) is 2.34. The van der Waals surface area contributed by atoms with Gasteiger partial charge in [-0.25, -0.2) is 0 Å². The smallest absolute Gasteiger partial charge is 0.314 e. The van der Waals surface area contributed by atoms with E-state index in [9.17, 15) is 9.59 Å². The molecule has 0 saturated heterocycles. The molecule has 5 heteroatoms. The number of ether oxygens (including phenoxy) is 1. The zero-order chi connectivity index (χ0) is 12.3. The highest BCUT2D eigenvalue weighted by Gasteiger charge is 2.06. The highest BCUT2D eigenvalue weighted by molar-refractivity contribution is 5.66. The fourth-order valence-corrected chi connectivity index (χ4v) is 1.53.